The first-order valence-corrected chi connectivity index (χ1v) is 9.20. The van der Waals surface area contributed by atoms with Crippen molar-refractivity contribution in [1.29, 1.82) is 0 Å². The minimum absolute atomic E-state index is 0.0127. The number of nitrogens with zero attached hydrogens (tertiary/aromatic N) is 2. The Morgan fingerprint density at radius 2 is 1.90 bits per heavy atom. The van der Waals surface area contributed by atoms with Crippen molar-refractivity contribution in [3.63, 3.8) is 0 Å². The molecule has 1 unspecified atom stereocenters. The second-order valence-corrected chi connectivity index (χ2v) is 8.87. The summed E-state index contributed by atoms with van der Waals surface area (Å²) in [6.45, 7) is 1.58. The summed E-state index contributed by atoms with van der Waals surface area (Å²) in [5.41, 5.74) is -0.987. The van der Waals surface area contributed by atoms with Crippen molar-refractivity contribution in [1.82, 2.24) is 14.7 Å². The third-order valence-corrected chi connectivity index (χ3v) is 6.54. The first-order chi connectivity index (χ1) is 9.16. The maximum absolute atomic E-state index is 12.2. The molecule has 2 N–H and O–H groups in total. The van der Waals surface area contributed by atoms with Gasteiger partial charge in [-0.15, -0.1) is 0 Å². The van der Waals surface area contributed by atoms with E-state index in [0.29, 0.717) is 5.95 Å². The molecule has 0 saturated carbocycles. The number of hydrogen-bond acceptors (Lipinski definition) is 7. The van der Waals surface area contributed by atoms with E-state index in [0.717, 1.165) is 0 Å². The second-order valence-electron chi connectivity index (χ2n) is 5.00. The Kier molecular flexibility index (Phi) is 3.73. The fourth-order valence-electron chi connectivity index (χ4n) is 2.06. The van der Waals surface area contributed by atoms with Crippen LogP contribution in [0, 0.1) is 0 Å². The van der Waals surface area contributed by atoms with Crippen molar-refractivity contribution >= 4 is 25.8 Å². The summed E-state index contributed by atoms with van der Waals surface area (Å²) < 4.78 is 49.8. The van der Waals surface area contributed by atoms with Gasteiger partial charge in [0, 0.05) is 12.6 Å². The molecule has 8 nitrogen and oxygen atoms in total. The van der Waals surface area contributed by atoms with Gasteiger partial charge in [-0.1, -0.05) is 0 Å². The summed E-state index contributed by atoms with van der Waals surface area (Å²) in [6, 6.07) is 0. The van der Waals surface area contributed by atoms with Crippen molar-refractivity contribution in [3.8, 4) is 0 Å². The molecule has 1 fully saturated rings. The quantitative estimate of drug-likeness (QED) is 0.758. The SMILES string of the molecule is CNc1ncc(S(=O)(=O)NC2(C)CCS(=O)(=O)C2)cn1. The van der Waals surface area contributed by atoms with Crippen molar-refractivity contribution < 1.29 is 16.8 Å². The highest BCUT2D eigenvalue weighted by molar-refractivity contribution is 7.92. The minimum Gasteiger partial charge on any atom is -0.357 e. The zero-order chi connectivity index (χ0) is 15.0. The zero-order valence-corrected chi connectivity index (χ0v) is 12.8. The van der Waals surface area contributed by atoms with Gasteiger partial charge in [-0.25, -0.2) is 31.5 Å². The molecule has 1 aliphatic rings. The molecular weight excluding hydrogens is 304 g/mol. The van der Waals surface area contributed by atoms with Gasteiger partial charge in [-0.2, -0.15) is 0 Å². The van der Waals surface area contributed by atoms with Gasteiger partial charge < -0.3 is 5.32 Å². The average molecular weight is 320 g/mol. The highest BCUT2D eigenvalue weighted by Gasteiger charge is 2.41. The van der Waals surface area contributed by atoms with Crippen molar-refractivity contribution in [3.05, 3.63) is 12.4 Å². The summed E-state index contributed by atoms with van der Waals surface area (Å²) in [4.78, 5) is 7.56. The predicted octanol–water partition coefficient (Wildman–Crippen LogP) is -0.626. The van der Waals surface area contributed by atoms with Crippen LogP contribution in [-0.4, -0.2) is 50.9 Å². The molecule has 0 amide bonds. The highest BCUT2D eigenvalue weighted by Crippen LogP contribution is 2.25. The summed E-state index contributed by atoms with van der Waals surface area (Å²) in [5.74, 6) is 0.0919. The molecular formula is C10H16N4O4S2. The van der Waals surface area contributed by atoms with Gasteiger partial charge in [0.25, 0.3) is 0 Å². The lowest BCUT2D eigenvalue weighted by Crippen LogP contribution is -2.46. The van der Waals surface area contributed by atoms with Gasteiger partial charge in [0.1, 0.15) is 4.90 Å². The van der Waals surface area contributed by atoms with Crippen LogP contribution >= 0.6 is 0 Å². The van der Waals surface area contributed by atoms with Crippen LogP contribution in [0.25, 0.3) is 0 Å². The van der Waals surface area contributed by atoms with Gasteiger partial charge in [0.15, 0.2) is 9.84 Å². The van der Waals surface area contributed by atoms with Crippen LogP contribution < -0.4 is 10.0 Å². The number of sulfone groups is 1. The lowest BCUT2D eigenvalue weighted by atomic mass is 10.0. The molecule has 1 atom stereocenters. The Morgan fingerprint density at radius 3 is 2.35 bits per heavy atom. The van der Waals surface area contributed by atoms with E-state index < -0.39 is 25.4 Å². The van der Waals surface area contributed by atoms with Gasteiger partial charge in [-0.05, 0) is 13.3 Å². The van der Waals surface area contributed by atoms with Crippen LogP contribution in [0.3, 0.4) is 0 Å². The lowest BCUT2D eigenvalue weighted by molar-refractivity contribution is 0.461. The minimum atomic E-state index is -3.84. The fraction of sp³-hybridized carbons (Fsp3) is 0.600. The molecule has 1 aromatic rings. The molecule has 112 valence electrons. The molecule has 0 radical (unpaired) electrons. The second kappa shape index (κ2) is 4.93. The van der Waals surface area contributed by atoms with E-state index >= 15 is 0 Å². The molecule has 0 spiro atoms. The summed E-state index contributed by atoms with van der Waals surface area (Å²) in [6.07, 6.45) is 2.60. The maximum atomic E-state index is 12.2. The number of aromatic nitrogens is 2. The fourth-order valence-corrected chi connectivity index (χ4v) is 5.57. The van der Waals surface area contributed by atoms with Crippen molar-refractivity contribution in [2.75, 3.05) is 23.9 Å². The smallest absolute Gasteiger partial charge is 0.244 e. The van der Waals surface area contributed by atoms with Crippen molar-refractivity contribution in [2.45, 2.75) is 23.8 Å². The van der Waals surface area contributed by atoms with Gasteiger partial charge in [0.2, 0.25) is 16.0 Å². The molecule has 1 aliphatic heterocycles. The van der Waals surface area contributed by atoms with Gasteiger partial charge in [0.05, 0.1) is 23.9 Å². The number of anilines is 1. The molecule has 20 heavy (non-hydrogen) atoms. The normalized spacial score (nSPS) is 25.5. The number of hydrogen-bond donors (Lipinski definition) is 2. The zero-order valence-electron chi connectivity index (χ0n) is 11.1. The number of nitrogens with one attached hydrogen (secondary N) is 2. The molecule has 0 aromatic carbocycles. The monoisotopic (exact) mass is 320 g/mol. The van der Waals surface area contributed by atoms with Crippen LogP contribution in [0.15, 0.2) is 17.3 Å². The Balaban J connectivity index is 2.23. The summed E-state index contributed by atoms with van der Waals surface area (Å²) >= 11 is 0. The number of sulfonamides is 1. The van der Waals surface area contributed by atoms with E-state index in [2.05, 4.69) is 20.0 Å². The standard InChI is InChI=1S/C10H16N4O4S2/c1-10(3-4-19(15,16)7-10)14-20(17,18)8-5-12-9(11-2)13-6-8/h5-6,14H,3-4,7H2,1-2H3,(H,11,12,13). The van der Waals surface area contributed by atoms with E-state index in [1.165, 1.54) is 12.4 Å². The van der Waals surface area contributed by atoms with Crippen LogP contribution in [0.5, 0.6) is 0 Å². The highest BCUT2D eigenvalue weighted by atomic mass is 32.2. The maximum Gasteiger partial charge on any atom is 0.244 e. The average Bonchev–Trinajstić information content (AvgIpc) is 2.62. The van der Waals surface area contributed by atoms with E-state index in [4.69, 9.17) is 0 Å². The van der Waals surface area contributed by atoms with Crippen molar-refractivity contribution in [2.24, 2.45) is 0 Å². The number of rotatable bonds is 4. The molecule has 1 saturated heterocycles. The largest absolute Gasteiger partial charge is 0.357 e. The molecule has 2 heterocycles. The molecule has 10 heteroatoms. The molecule has 0 bridgehead atoms. The van der Waals surface area contributed by atoms with Crippen LogP contribution in [0.2, 0.25) is 0 Å². The predicted molar refractivity (Wildman–Crippen MR) is 73.6 cm³/mol. The lowest BCUT2D eigenvalue weighted by Gasteiger charge is -2.23. The van der Waals surface area contributed by atoms with Crippen LogP contribution in [-0.2, 0) is 19.9 Å². The Hall–Kier alpha value is -1.26. The first-order valence-electron chi connectivity index (χ1n) is 5.90. The van der Waals surface area contributed by atoms with Gasteiger partial charge >= 0.3 is 0 Å². The van der Waals surface area contributed by atoms with Crippen LogP contribution in [0.4, 0.5) is 5.95 Å². The summed E-state index contributed by atoms with van der Waals surface area (Å²) in [5, 5.41) is 2.68. The van der Waals surface area contributed by atoms with E-state index in [-0.39, 0.29) is 22.8 Å². The third-order valence-electron chi connectivity index (χ3n) is 3.05. The topological polar surface area (TPSA) is 118 Å². The Labute approximate surface area is 118 Å². The Morgan fingerprint density at radius 1 is 1.30 bits per heavy atom. The van der Waals surface area contributed by atoms with Crippen LogP contribution in [0.1, 0.15) is 13.3 Å². The molecule has 1 aromatic heterocycles. The first kappa shape index (κ1) is 15.1. The van der Waals surface area contributed by atoms with E-state index in [1.807, 2.05) is 0 Å². The Bertz CT molecular complexity index is 699. The van der Waals surface area contributed by atoms with E-state index in [9.17, 15) is 16.8 Å². The van der Waals surface area contributed by atoms with Gasteiger partial charge in [-0.3, -0.25) is 0 Å². The summed E-state index contributed by atoms with van der Waals surface area (Å²) in [7, 11) is -5.41. The molecule has 2 rings (SSSR count). The molecule has 0 aliphatic carbocycles. The third kappa shape index (κ3) is 3.25. The van der Waals surface area contributed by atoms with E-state index in [1.54, 1.807) is 14.0 Å².